The fourth-order valence-electron chi connectivity index (χ4n) is 1.83. The monoisotopic (exact) mass is 200 g/mol. The lowest BCUT2D eigenvalue weighted by molar-refractivity contribution is 0.113. The van der Waals surface area contributed by atoms with Gasteiger partial charge in [-0.05, 0) is 52.4 Å². The predicted molar refractivity (Wildman–Crippen MR) is 61.4 cm³/mol. The van der Waals surface area contributed by atoms with Crippen LogP contribution in [0.4, 0.5) is 0 Å². The molecule has 1 unspecified atom stereocenters. The maximum Gasteiger partial charge on any atom is 0.0157 e. The van der Waals surface area contributed by atoms with Crippen molar-refractivity contribution in [3.8, 4) is 0 Å². The van der Waals surface area contributed by atoms with Crippen molar-refractivity contribution in [1.82, 2.24) is 4.90 Å². The highest BCUT2D eigenvalue weighted by Crippen LogP contribution is 2.29. The summed E-state index contributed by atoms with van der Waals surface area (Å²) in [5, 5.41) is 7.09. The number of likely N-dealkylation sites (tertiary alicyclic amines) is 1. The van der Waals surface area contributed by atoms with Crippen molar-refractivity contribution in [2.45, 2.75) is 44.8 Å². The van der Waals surface area contributed by atoms with Crippen LogP contribution in [0.3, 0.4) is 0 Å². The van der Waals surface area contributed by atoms with E-state index in [2.05, 4.69) is 25.7 Å². The zero-order chi connectivity index (χ0) is 9.90. The van der Waals surface area contributed by atoms with E-state index in [-0.39, 0.29) is 0 Å². The molecule has 1 saturated heterocycles. The van der Waals surface area contributed by atoms with Crippen molar-refractivity contribution in [2.24, 2.45) is 0 Å². The normalized spacial score (nSPS) is 22.7. The molecule has 0 aromatic rings. The van der Waals surface area contributed by atoms with Crippen LogP contribution in [0.15, 0.2) is 0 Å². The molecule has 0 aromatic heterocycles. The van der Waals surface area contributed by atoms with Crippen molar-refractivity contribution in [1.29, 1.82) is 5.41 Å². The molecule has 0 spiro atoms. The van der Waals surface area contributed by atoms with Crippen molar-refractivity contribution in [3.05, 3.63) is 0 Å². The SMILES string of the molecule is CC(C)(C)N1CCC(PC=N)CC1. The molecule has 0 saturated carbocycles. The van der Waals surface area contributed by atoms with E-state index in [0.29, 0.717) is 5.54 Å². The van der Waals surface area contributed by atoms with E-state index in [4.69, 9.17) is 5.41 Å². The number of hydrogen-bond donors (Lipinski definition) is 1. The first-order valence-electron chi connectivity index (χ1n) is 5.04. The van der Waals surface area contributed by atoms with E-state index in [1.54, 1.807) is 5.96 Å². The van der Waals surface area contributed by atoms with Crippen LogP contribution < -0.4 is 0 Å². The van der Waals surface area contributed by atoms with E-state index in [0.717, 1.165) is 14.2 Å². The lowest BCUT2D eigenvalue weighted by atomic mass is 10.0. The summed E-state index contributed by atoms with van der Waals surface area (Å²) in [6.45, 7) is 9.29. The van der Waals surface area contributed by atoms with Crippen LogP contribution in [0.2, 0.25) is 0 Å². The summed E-state index contributed by atoms with van der Waals surface area (Å²) in [6, 6.07) is 0. The summed E-state index contributed by atoms with van der Waals surface area (Å²) >= 11 is 0. The molecule has 0 amide bonds. The summed E-state index contributed by atoms with van der Waals surface area (Å²) in [7, 11) is 0.752. The van der Waals surface area contributed by atoms with Crippen LogP contribution in [0.5, 0.6) is 0 Å². The standard InChI is InChI=1S/C10H21N2P/c1-10(2,3)12-6-4-9(5-7-12)13-8-11/h8-9,11,13H,4-7H2,1-3H3. The zero-order valence-electron chi connectivity index (χ0n) is 8.93. The molecule has 1 aliphatic heterocycles. The Kier molecular flexibility index (Phi) is 3.87. The van der Waals surface area contributed by atoms with Gasteiger partial charge < -0.3 is 5.41 Å². The van der Waals surface area contributed by atoms with Crippen LogP contribution in [-0.4, -0.2) is 35.1 Å². The average Bonchev–Trinajstić information content (AvgIpc) is 2.04. The minimum atomic E-state index is 0.332. The van der Waals surface area contributed by atoms with Gasteiger partial charge in [-0.2, -0.15) is 0 Å². The zero-order valence-corrected chi connectivity index (χ0v) is 9.93. The average molecular weight is 200 g/mol. The molecule has 0 bridgehead atoms. The first-order valence-corrected chi connectivity index (χ1v) is 6.19. The lowest BCUT2D eigenvalue weighted by Crippen LogP contribution is -2.46. The van der Waals surface area contributed by atoms with Gasteiger partial charge in [-0.15, -0.1) is 0 Å². The molecule has 2 nitrogen and oxygen atoms in total. The summed E-state index contributed by atoms with van der Waals surface area (Å²) in [6.07, 6.45) is 2.57. The fourth-order valence-corrected chi connectivity index (χ4v) is 2.66. The Bertz CT molecular complexity index is 166. The molecule has 0 aliphatic carbocycles. The second-order valence-corrected chi connectivity index (χ2v) is 6.18. The number of nitrogens with one attached hydrogen (secondary N) is 1. The lowest BCUT2D eigenvalue weighted by Gasteiger charge is -2.40. The van der Waals surface area contributed by atoms with Crippen molar-refractivity contribution < 1.29 is 0 Å². The third-order valence-corrected chi connectivity index (χ3v) is 3.98. The van der Waals surface area contributed by atoms with Gasteiger partial charge in [0.15, 0.2) is 0 Å². The topological polar surface area (TPSA) is 27.1 Å². The largest absolute Gasteiger partial charge is 0.309 e. The van der Waals surface area contributed by atoms with Gasteiger partial charge in [-0.1, -0.05) is 8.58 Å². The molecule has 1 heterocycles. The summed E-state index contributed by atoms with van der Waals surface area (Å²) in [4.78, 5) is 2.55. The number of piperidine rings is 1. The number of rotatable bonds is 2. The Hall–Kier alpha value is 0.0600. The van der Waals surface area contributed by atoms with Gasteiger partial charge in [0, 0.05) is 11.5 Å². The molecule has 1 atom stereocenters. The second kappa shape index (κ2) is 4.52. The minimum Gasteiger partial charge on any atom is -0.309 e. The van der Waals surface area contributed by atoms with E-state index < -0.39 is 0 Å². The highest BCUT2D eigenvalue weighted by atomic mass is 31.1. The van der Waals surface area contributed by atoms with Gasteiger partial charge in [-0.25, -0.2) is 0 Å². The van der Waals surface area contributed by atoms with Crippen molar-refractivity contribution >= 4 is 14.5 Å². The summed E-state index contributed by atoms with van der Waals surface area (Å²) in [5.74, 6) is 1.59. The van der Waals surface area contributed by atoms with Crippen molar-refractivity contribution in [2.75, 3.05) is 13.1 Å². The van der Waals surface area contributed by atoms with Gasteiger partial charge in [0.2, 0.25) is 0 Å². The van der Waals surface area contributed by atoms with Crippen LogP contribution in [0.1, 0.15) is 33.6 Å². The number of hydrogen-bond acceptors (Lipinski definition) is 2. The second-order valence-electron chi connectivity index (χ2n) is 4.74. The smallest absolute Gasteiger partial charge is 0.0157 e. The Morgan fingerprint density at radius 3 is 2.23 bits per heavy atom. The van der Waals surface area contributed by atoms with Gasteiger partial charge in [-0.3, -0.25) is 4.90 Å². The Morgan fingerprint density at radius 2 is 1.85 bits per heavy atom. The number of nitrogens with zero attached hydrogens (tertiary/aromatic N) is 1. The molecule has 0 radical (unpaired) electrons. The van der Waals surface area contributed by atoms with E-state index in [9.17, 15) is 0 Å². The van der Waals surface area contributed by atoms with Gasteiger partial charge in [0.25, 0.3) is 0 Å². The first-order chi connectivity index (χ1) is 6.04. The molecule has 1 rings (SSSR count). The third kappa shape index (κ3) is 3.36. The minimum absolute atomic E-state index is 0.332. The first kappa shape index (κ1) is 11.1. The maximum atomic E-state index is 7.09. The fraction of sp³-hybridized carbons (Fsp3) is 0.900. The Balaban J connectivity index is 2.34. The molecular formula is C10H21N2P. The maximum absolute atomic E-state index is 7.09. The molecule has 13 heavy (non-hydrogen) atoms. The summed E-state index contributed by atoms with van der Waals surface area (Å²) < 4.78 is 0. The third-order valence-electron chi connectivity index (χ3n) is 2.76. The molecular weight excluding hydrogens is 179 g/mol. The van der Waals surface area contributed by atoms with E-state index in [1.165, 1.54) is 25.9 Å². The van der Waals surface area contributed by atoms with Crippen LogP contribution in [-0.2, 0) is 0 Å². The highest BCUT2D eigenvalue weighted by Gasteiger charge is 2.26. The van der Waals surface area contributed by atoms with E-state index >= 15 is 0 Å². The van der Waals surface area contributed by atoms with Gasteiger partial charge >= 0.3 is 0 Å². The summed E-state index contributed by atoms with van der Waals surface area (Å²) in [5.41, 5.74) is 1.13. The Morgan fingerprint density at radius 1 is 1.31 bits per heavy atom. The molecule has 1 aliphatic rings. The van der Waals surface area contributed by atoms with Crippen molar-refractivity contribution in [3.63, 3.8) is 0 Å². The molecule has 3 heteroatoms. The molecule has 1 fully saturated rings. The van der Waals surface area contributed by atoms with Gasteiger partial charge in [0.05, 0.1) is 0 Å². The van der Waals surface area contributed by atoms with Crippen LogP contribution in [0.25, 0.3) is 0 Å². The molecule has 0 aromatic carbocycles. The Labute approximate surface area is 83.4 Å². The quantitative estimate of drug-likeness (QED) is 0.538. The predicted octanol–water partition coefficient (Wildman–Crippen LogP) is 2.53. The molecule has 76 valence electrons. The van der Waals surface area contributed by atoms with E-state index in [1.807, 2.05) is 0 Å². The van der Waals surface area contributed by atoms with Gasteiger partial charge in [0.1, 0.15) is 0 Å². The highest BCUT2D eigenvalue weighted by molar-refractivity contribution is 7.55. The molecule has 1 N–H and O–H groups in total. The van der Waals surface area contributed by atoms with Crippen LogP contribution >= 0.6 is 8.58 Å². The van der Waals surface area contributed by atoms with Crippen LogP contribution in [0, 0.1) is 5.41 Å².